The molecule has 0 aliphatic carbocycles. The molecule has 0 atom stereocenters. The number of benzene rings is 3. The molecule has 0 bridgehead atoms. The molecule has 0 radical (unpaired) electrons. The van der Waals surface area contributed by atoms with Crippen molar-refractivity contribution in [2.24, 2.45) is 5.73 Å². The summed E-state index contributed by atoms with van der Waals surface area (Å²) in [5.41, 5.74) is 10.3. The Morgan fingerprint density at radius 2 is 1.87 bits per heavy atom. The molecule has 5 aromatic rings. The molecule has 0 spiro atoms. The van der Waals surface area contributed by atoms with Crippen molar-refractivity contribution in [3.63, 3.8) is 0 Å². The van der Waals surface area contributed by atoms with Crippen molar-refractivity contribution in [3.8, 4) is 17.1 Å². The van der Waals surface area contributed by atoms with Crippen molar-refractivity contribution < 1.29 is 13.9 Å². The van der Waals surface area contributed by atoms with Crippen LogP contribution in [0.5, 0.6) is 5.75 Å². The third-order valence-electron chi connectivity index (χ3n) is 5.51. The molecule has 0 saturated carbocycles. The Labute approximate surface area is 179 Å². The zero-order chi connectivity index (χ0) is 21.4. The van der Waals surface area contributed by atoms with Crippen LogP contribution in [0.15, 0.2) is 83.5 Å². The normalized spacial score (nSPS) is 11.3. The van der Waals surface area contributed by atoms with E-state index in [9.17, 15) is 4.79 Å². The number of hydrogen-bond acceptors (Lipinski definition) is 3. The average molecular weight is 410 g/mol. The summed E-state index contributed by atoms with van der Waals surface area (Å²) < 4.78 is 13.5. The number of carbonyl (C=O) groups excluding carboxylic acids is 1. The summed E-state index contributed by atoms with van der Waals surface area (Å²) in [7, 11) is 0. The number of aromatic nitrogens is 1. The third-order valence-corrected chi connectivity index (χ3v) is 5.51. The number of amides is 1. The van der Waals surface area contributed by atoms with Crippen LogP contribution in [-0.4, -0.2) is 17.1 Å². The summed E-state index contributed by atoms with van der Waals surface area (Å²) in [5.74, 6) is 1.21. The van der Waals surface area contributed by atoms with E-state index in [1.807, 2.05) is 55.5 Å². The Morgan fingerprint density at radius 1 is 1.00 bits per heavy atom. The molecule has 0 saturated heterocycles. The van der Waals surface area contributed by atoms with Crippen LogP contribution in [0, 0.1) is 0 Å². The third kappa shape index (κ3) is 3.34. The number of furan rings is 1. The first kappa shape index (κ1) is 19.0. The summed E-state index contributed by atoms with van der Waals surface area (Å²) in [6.45, 7) is 3.22. The molecule has 0 aliphatic heterocycles. The predicted octanol–water partition coefficient (Wildman–Crippen LogP) is 5.60. The van der Waals surface area contributed by atoms with E-state index in [1.54, 1.807) is 12.3 Å². The Morgan fingerprint density at radius 3 is 2.65 bits per heavy atom. The number of hydrogen-bond donors (Lipinski definition) is 1. The zero-order valence-electron chi connectivity index (χ0n) is 17.2. The van der Waals surface area contributed by atoms with Gasteiger partial charge in [-0.3, -0.25) is 4.79 Å². The standard InChI is InChI=1S/C26H22N2O3/c1-2-30-19-7-3-6-17(14-19)16-28-22-9-4-8-21(26(27)29)25(22)20-12-11-18(15-23(20)28)24-10-5-13-31-24/h3-15H,2,16H2,1H3,(H2,27,29). The molecule has 0 unspecified atom stereocenters. The van der Waals surface area contributed by atoms with Crippen LogP contribution in [0.3, 0.4) is 0 Å². The molecule has 0 aliphatic rings. The molecule has 154 valence electrons. The van der Waals surface area contributed by atoms with Gasteiger partial charge < -0.3 is 19.5 Å². The van der Waals surface area contributed by atoms with Crippen molar-refractivity contribution in [2.45, 2.75) is 13.5 Å². The number of nitrogens with zero attached hydrogens (tertiary/aromatic N) is 1. The van der Waals surface area contributed by atoms with Gasteiger partial charge in [-0.25, -0.2) is 0 Å². The highest BCUT2D eigenvalue weighted by Gasteiger charge is 2.17. The fourth-order valence-corrected chi connectivity index (χ4v) is 4.20. The Kier molecular flexibility index (Phi) is 4.71. The first-order valence-electron chi connectivity index (χ1n) is 10.3. The molecule has 2 heterocycles. The lowest BCUT2D eigenvalue weighted by atomic mass is 10.0. The van der Waals surface area contributed by atoms with Gasteiger partial charge in [0.05, 0.1) is 23.9 Å². The fourth-order valence-electron chi connectivity index (χ4n) is 4.20. The van der Waals surface area contributed by atoms with Crippen molar-refractivity contribution in [2.75, 3.05) is 6.61 Å². The summed E-state index contributed by atoms with van der Waals surface area (Å²) in [4.78, 5) is 12.2. The van der Waals surface area contributed by atoms with Gasteiger partial charge in [-0.2, -0.15) is 0 Å². The number of carbonyl (C=O) groups is 1. The van der Waals surface area contributed by atoms with Crippen molar-refractivity contribution in [1.29, 1.82) is 0 Å². The minimum absolute atomic E-state index is 0.432. The highest BCUT2D eigenvalue weighted by Crippen LogP contribution is 2.35. The van der Waals surface area contributed by atoms with Crippen molar-refractivity contribution in [3.05, 3.63) is 90.2 Å². The molecule has 3 aromatic carbocycles. The summed E-state index contributed by atoms with van der Waals surface area (Å²) in [6, 6.07) is 23.7. The van der Waals surface area contributed by atoms with Crippen molar-refractivity contribution >= 4 is 27.7 Å². The van der Waals surface area contributed by atoms with E-state index in [1.165, 1.54) is 0 Å². The second kappa shape index (κ2) is 7.69. The molecule has 5 nitrogen and oxygen atoms in total. The molecular formula is C26H22N2O3. The van der Waals surface area contributed by atoms with Gasteiger partial charge >= 0.3 is 0 Å². The number of nitrogens with two attached hydrogens (primary N) is 1. The molecule has 5 heteroatoms. The Bertz CT molecular complexity index is 1400. The number of fused-ring (bicyclic) bond motifs is 3. The smallest absolute Gasteiger partial charge is 0.249 e. The molecule has 31 heavy (non-hydrogen) atoms. The van der Waals surface area contributed by atoms with Crippen molar-refractivity contribution in [1.82, 2.24) is 4.57 Å². The zero-order valence-corrected chi connectivity index (χ0v) is 17.2. The van der Waals surface area contributed by atoms with Crippen LogP contribution in [0.2, 0.25) is 0 Å². The quantitative estimate of drug-likeness (QED) is 0.396. The van der Waals surface area contributed by atoms with E-state index >= 15 is 0 Å². The van der Waals surface area contributed by atoms with Gasteiger partial charge in [0, 0.05) is 28.4 Å². The second-order valence-electron chi connectivity index (χ2n) is 7.44. The molecule has 2 aromatic heterocycles. The molecule has 0 fully saturated rings. The van der Waals surface area contributed by atoms with E-state index in [0.717, 1.165) is 44.4 Å². The number of primary amides is 1. The minimum Gasteiger partial charge on any atom is -0.494 e. The first-order chi connectivity index (χ1) is 15.2. The lowest BCUT2D eigenvalue weighted by Crippen LogP contribution is -2.11. The van der Waals surface area contributed by atoms with E-state index in [-0.39, 0.29) is 0 Å². The van der Waals surface area contributed by atoms with Gasteiger partial charge in [0.25, 0.3) is 0 Å². The molecule has 5 rings (SSSR count). The first-order valence-corrected chi connectivity index (χ1v) is 10.3. The van der Waals surface area contributed by atoms with Gasteiger partial charge in [-0.1, -0.05) is 30.3 Å². The topological polar surface area (TPSA) is 70.4 Å². The van der Waals surface area contributed by atoms with E-state index < -0.39 is 5.91 Å². The van der Waals surface area contributed by atoms with E-state index in [2.05, 4.69) is 22.8 Å². The van der Waals surface area contributed by atoms with Gasteiger partial charge in [0.15, 0.2) is 0 Å². The molecular weight excluding hydrogens is 388 g/mol. The SMILES string of the molecule is CCOc1cccc(Cn2c3cc(-c4ccco4)ccc3c3c(C(N)=O)cccc32)c1. The number of rotatable bonds is 6. The van der Waals surface area contributed by atoms with Gasteiger partial charge in [0.2, 0.25) is 5.91 Å². The summed E-state index contributed by atoms with van der Waals surface area (Å²) >= 11 is 0. The van der Waals surface area contributed by atoms with E-state index in [0.29, 0.717) is 18.7 Å². The van der Waals surface area contributed by atoms with Gasteiger partial charge in [0.1, 0.15) is 11.5 Å². The van der Waals surface area contributed by atoms with E-state index in [4.69, 9.17) is 14.9 Å². The fraction of sp³-hybridized carbons (Fsp3) is 0.115. The van der Waals surface area contributed by atoms with Crippen LogP contribution < -0.4 is 10.5 Å². The highest BCUT2D eigenvalue weighted by molar-refractivity contribution is 6.18. The van der Waals surface area contributed by atoms with Gasteiger partial charge in [-0.15, -0.1) is 0 Å². The van der Waals surface area contributed by atoms with Gasteiger partial charge in [-0.05, 0) is 55.0 Å². The lowest BCUT2D eigenvalue weighted by molar-refractivity contribution is 0.100. The van der Waals surface area contributed by atoms with Crippen LogP contribution in [-0.2, 0) is 6.54 Å². The lowest BCUT2D eigenvalue weighted by Gasteiger charge is -2.10. The Balaban J connectivity index is 1.76. The Hall–Kier alpha value is -3.99. The summed E-state index contributed by atoms with van der Waals surface area (Å²) in [5, 5.41) is 1.86. The monoisotopic (exact) mass is 410 g/mol. The minimum atomic E-state index is -0.432. The highest BCUT2D eigenvalue weighted by atomic mass is 16.5. The molecule has 2 N–H and O–H groups in total. The maximum Gasteiger partial charge on any atom is 0.249 e. The second-order valence-corrected chi connectivity index (χ2v) is 7.44. The molecule has 1 amide bonds. The van der Waals surface area contributed by atoms with Crippen LogP contribution >= 0.6 is 0 Å². The predicted molar refractivity (Wildman–Crippen MR) is 122 cm³/mol. The largest absolute Gasteiger partial charge is 0.494 e. The number of ether oxygens (including phenoxy) is 1. The van der Waals surface area contributed by atoms with Crippen LogP contribution in [0.4, 0.5) is 0 Å². The summed E-state index contributed by atoms with van der Waals surface area (Å²) in [6.07, 6.45) is 1.67. The average Bonchev–Trinajstić information content (AvgIpc) is 3.41. The van der Waals surface area contributed by atoms with Crippen LogP contribution in [0.1, 0.15) is 22.8 Å². The maximum absolute atomic E-state index is 12.2. The van der Waals surface area contributed by atoms with Crippen LogP contribution in [0.25, 0.3) is 33.1 Å². The maximum atomic E-state index is 12.2.